The Morgan fingerprint density at radius 1 is 1.45 bits per heavy atom. The van der Waals surface area contributed by atoms with Gasteiger partial charge < -0.3 is 10.0 Å². The molecule has 1 heterocycles. The fourth-order valence-electron chi connectivity index (χ4n) is 1.11. The molecule has 1 aliphatic heterocycles. The second-order valence-electron chi connectivity index (χ2n) is 2.68. The first-order chi connectivity index (χ1) is 5.33. The molecule has 0 atom stereocenters. The summed E-state index contributed by atoms with van der Waals surface area (Å²) < 4.78 is 0. The number of hydrogen-bond acceptors (Lipinski definition) is 2. The number of aliphatic hydroxyl groups excluding tert-OH is 1. The molecular formula is C9H13NO. The van der Waals surface area contributed by atoms with E-state index in [9.17, 15) is 0 Å². The summed E-state index contributed by atoms with van der Waals surface area (Å²) in [6.07, 6.45) is 3.15. The molecule has 0 spiro atoms. The van der Waals surface area contributed by atoms with Gasteiger partial charge in [0.05, 0.1) is 6.10 Å². The van der Waals surface area contributed by atoms with E-state index in [1.54, 1.807) is 6.08 Å². The lowest BCUT2D eigenvalue weighted by atomic mass is 10.1. The van der Waals surface area contributed by atoms with Crippen molar-refractivity contribution < 1.29 is 5.11 Å². The highest BCUT2D eigenvalue weighted by molar-refractivity contribution is 5.11. The number of likely N-dealkylation sites (tertiary alicyclic amines) is 1. The maximum atomic E-state index is 9.16. The zero-order chi connectivity index (χ0) is 8.10. The first-order valence-corrected chi connectivity index (χ1v) is 3.88. The number of rotatable bonds is 0. The zero-order valence-electron chi connectivity index (χ0n) is 6.58. The van der Waals surface area contributed by atoms with Crippen LogP contribution in [0, 0.1) is 12.0 Å². The summed E-state index contributed by atoms with van der Waals surface area (Å²) in [5.74, 6) is 2.79. The molecular weight excluding hydrogens is 138 g/mol. The quantitative estimate of drug-likeness (QED) is 0.512. The Morgan fingerprint density at radius 3 is 2.64 bits per heavy atom. The summed E-state index contributed by atoms with van der Waals surface area (Å²) in [5, 5.41) is 9.16. The molecule has 0 unspecified atom stereocenters. The second-order valence-corrected chi connectivity index (χ2v) is 2.68. The van der Waals surface area contributed by atoms with Crippen molar-refractivity contribution in [1.29, 1.82) is 0 Å². The Morgan fingerprint density at radius 2 is 2.09 bits per heavy atom. The molecule has 1 saturated heterocycles. The van der Waals surface area contributed by atoms with Crippen LogP contribution in [0.25, 0.3) is 0 Å². The van der Waals surface area contributed by atoms with Crippen molar-refractivity contribution in [3.05, 3.63) is 12.7 Å². The first-order valence-electron chi connectivity index (χ1n) is 3.88. The molecule has 2 nitrogen and oxygen atoms in total. The Labute approximate surface area is 67.5 Å². The Balaban J connectivity index is 2.33. The Bertz CT molecular complexity index is 181. The molecule has 1 aliphatic rings. The highest BCUT2D eigenvalue weighted by atomic mass is 16.3. The van der Waals surface area contributed by atoms with Gasteiger partial charge in [-0.3, -0.25) is 0 Å². The highest BCUT2D eigenvalue weighted by Crippen LogP contribution is 2.07. The lowest BCUT2D eigenvalue weighted by molar-refractivity contribution is 0.106. The second kappa shape index (κ2) is 4.05. The number of piperidine rings is 1. The van der Waals surface area contributed by atoms with Gasteiger partial charge in [-0.25, -0.2) is 0 Å². The largest absolute Gasteiger partial charge is 0.393 e. The predicted octanol–water partition coefficient (Wildman–Crippen LogP) is 0.590. The molecule has 0 aliphatic carbocycles. The van der Waals surface area contributed by atoms with Gasteiger partial charge in [0, 0.05) is 19.1 Å². The third kappa shape index (κ3) is 2.65. The topological polar surface area (TPSA) is 23.5 Å². The van der Waals surface area contributed by atoms with E-state index in [0.29, 0.717) is 0 Å². The lowest BCUT2D eigenvalue weighted by Gasteiger charge is -2.25. The van der Waals surface area contributed by atoms with Gasteiger partial charge in [-0.15, -0.1) is 0 Å². The van der Waals surface area contributed by atoms with Crippen molar-refractivity contribution in [3.8, 4) is 12.0 Å². The average molecular weight is 151 g/mol. The molecule has 11 heavy (non-hydrogen) atoms. The van der Waals surface area contributed by atoms with Crippen LogP contribution in [0.1, 0.15) is 12.8 Å². The molecule has 0 amide bonds. The number of nitrogens with zero attached hydrogens (tertiary/aromatic N) is 1. The van der Waals surface area contributed by atoms with Gasteiger partial charge >= 0.3 is 0 Å². The van der Waals surface area contributed by atoms with E-state index in [1.165, 1.54) is 0 Å². The van der Waals surface area contributed by atoms with E-state index in [4.69, 9.17) is 5.11 Å². The summed E-state index contributed by atoms with van der Waals surface area (Å²) in [6, 6.07) is 2.95. The minimum Gasteiger partial charge on any atom is -0.393 e. The number of aliphatic hydroxyl groups is 1. The molecule has 0 radical (unpaired) electrons. The Hall–Kier alpha value is -0.940. The third-order valence-corrected chi connectivity index (χ3v) is 1.79. The molecule has 0 aromatic heterocycles. The van der Waals surface area contributed by atoms with Crippen molar-refractivity contribution in [3.63, 3.8) is 0 Å². The Kier molecular flexibility index (Phi) is 3.00. The van der Waals surface area contributed by atoms with Gasteiger partial charge in [0.2, 0.25) is 0 Å². The van der Waals surface area contributed by atoms with Crippen LogP contribution in [0.15, 0.2) is 12.7 Å². The van der Waals surface area contributed by atoms with E-state index in [0.717, 1.165) is 25.9 Å². The van der Waals surface area contributed by atoms with Gasteiger partial charge in [0.25, 0.3) is 0 Å². The molecule has 1 rings (SSSR count). The van der Waals surface area contributed by atoms with E-state index in [-0.39, 0.29) is 6.10 Å². The van der Waals surface area contributed by atoms with Gasteiger partial charge in [0.15, 0.2) is 0 Å². The summed E-state index contributed by atoms with van der Waals surface area (Å²) >= 11 is 0. The molecule has 0 aromatic carbocycles. The predicted molar refractivity (Wildman–Crippen MR) is 44.8 cm³/mol. The van der Waals surface area contributed by atoms with Crippen LogP contribution in [0.5, 0.6) is 0 Å². The van der Waals surface area contributed by atoms with Crippen LogP contribution in [0.4, 0.5) is 0 Å². The van der Waals surface area contributed by atoms with Gasteiger partial charge in [-0.2, -0.15) is 0 Å². The fourth-order valence-corrected chi connectivity index (χ4v) is 1.11. The maximum absolute atomic E-state index is 9.16. The molecule has 0 saturated carbocycles. The third-order valence-electron chi connectivity index (χ3n) is 1.79. The summed E-state index contributed by atoms with van der Waals surface area (Å²) in [6.45, 7) is 5.26. The van der Waals surface area contributed by atoms with Crippen LogP contribution < -0.4 is 0 Å². The van der Waals surface area contributed by atoms with Crippen LogP contribution >= 0.6 is 0 Å². The maximum Gasteiger partial charge on any atom is 0.0574 e. The van der Waals surface area contributed by atoms with Crippen LogP contribution in [0.3, 0.4) is 0 Å². The van der Waals surface area contributed by atoms with Crippen molar-refractivity contribution in [1.82, 2.24) is 4.90 Å². The normalized spacial score (nSPS) is 18.8. The van der Waals surface area contributed by atoms with Crippen LogP contribution in [-0.2, 0) is 0 Å². The molecule has 1 fully saturated rings. The van der Waals surface area contributed by atoms with Crippen molar-refractivity contribution in [2.24, 2.45) is 0 Å². The smallest absolute Gasteiger partial charge is 0.0574 e. The molecule has 60 valence electrons. The average Bonchev–Trinajstić information content (AvgIpc) is 2.04. The monoisotopic (exact) mass is 151 g/mol. The molecule has 2 heteroatoms. The van der Waals surface area contributed by atoms with E-state index in [2.05, 4.69) is 18.5 Å². The first kappa shape index (κ1) is 8.16. The van der Waals surface area contributed by atoms with Gasteiger partial charge in [-0.1, -0.05) is 12.5 Å². The van der Waals surface area contributed by atoms with Crippen molar-refractivity contribution in [2.75, 3.05) is 13.1 Å². The SMILES string of the molecule is C=CC#CN1CCC(O)CC1. The van der Waals surface area contributed by atoms with E-state index >= 15 is 0 Å². The summed E-state index contributed by atoms with van der Waals surface area (Å²) in [4.78, 5) is 2.02. The molecule has 0 bridgehead atoms. The minimum absolute atomic E-state index is 0.114. The van der Waals surface area contributed by atoms with E-state index < -0.39 is 0 Å². The summed E-state index contributed by atoms with van der Waals surface area (Å²) in [7, 11) is 0. The van der Waals surface area contributed by atoms with Gasteiger partial charge in [0.1, 0.15) is 0 Å². The van der Waals surface area contributed by atoms with Gasteiger partial charge in [-0.05, 0) is 18.9 Å². The van der Waals surface area contributed by atoms with Crippen LogP contribution in [0.2, 0.25) is 0 Å². The number of hydrogen-bond donors (Lipinski definition) is 1. The molecule has 1 N–H and O–H groups in total. The number of allylic oxidation sites excluding steroid dienone is 1. The standard InChI is InChI=1S/C9H13NO/c1-2-3-6-10-7-4-9(11)5-8-10/h2,9,11H,1,4-5,7-8H2. The van der Waals surface area contributed by atoms with Crippen molar-refractivity contribution in [2.45, 2.75) is 18.9 Å². The summed E-state index contributed by atoms with van der Waals surface area (Å²) in [5.41, 5.74) is 0. The highest BCUT2D eigenvalue weighted by Gasteiger charge is 2.13. The fraction of sp³-hybridized carbons (Fsp3) is 0.556. The van der Waals surface area contributed by atoms with E-state index in [1.807, 2.05) is 4.90 Å². The van der Waals surface area contributed by atoms with Crippen molar-refractivity contribution >= 4 is 0 Å². The zero-order valence-corrected chi connectivity index (χ0v) is 6.58. The van der Waals surface area contributed by atoms with Crippen LogP contribution in [-0.4, -0.2) is 29.2 Å². The minimum atomic E-state index is -0.114. The lowest BCUT2D eigenvalue weighted by Crippen LogP contribution is -2.32. The molecule has 0 aromatic rings.